The van der Waals surface area contributed by atoms with E-state index in [0.717, 1.165) is 30.6 Å². The van der Waals surface area contributed by atoms with E-state index in [0.29, 0.717) is 5.69 Å². The van der Waals surface area contributed by atoms with E-state index >= 15 is 0 Å². The molecule has 1 saturated carbocycles. The van der Waals surface area contributed by atoms with Crippen LogP contribution in [0.1, 0.15) is 32.1 Å². The molecule has 1 aliphatic heterocycles. The van der Waals surface area contributed by atoms with Crippen molar-refractivity contribution in [3.8, 4) is 0 Å². The van der Waals surface area contributed by atoms with Gasteiger partial charge in [0.05, 0.1) is 17.3 Å². The molecule has 1 aliphatic carbocycles. The van der Waals surface area contributed by atoms with Crippen molar-refractivity contribution in [2.75, 3.05) is 4.90 Å². The number of aliphatic carboxylic acids is 1. The maximum Gasteiger partial charge on any atom is 0.325 e. The summed E-state index contributed by atoms with van der Waals surface area (Å²) in [4.78, 5) is 36.4. The molecule has 20 heavy (non-hydrogen) atoms. The van der Waals surface area contributed by atoms with Crippen LogP contribution in [0.5, 0.6) is 0 Å². The molecule has 0 unspecified atom stereocenters. The number of aromatic nitrogens is 2. The van der Waals surface area contributed by atoms with Crippen molar-refractivity contribution in [1.82, 2.24) is 9.78 Å². The fourth-order valence-corrected chi connectivity index (χ4v) is 3.19. The lowest BCUT2D eigenvalue weighted by molar-refractivity contribution is -0.138. The first-order chi connectivity index (χ1) is 9.52. The van der Waals surface area contributed by atoms with Gasteiger partial charge in [-0.3, -0.25) is 19.1 Å². The number of amides is 2. The molecule has 3 rings (SSSR count). The molecular formula is C13H15N3O4. The van der Waals surface area contributed by atoms with Crippen LogP contribution in [-0.4, -0.2) is 32.7 Å². The van der Waals surface area contributed by atoms with Gasteiger partial charge in [-0.25, -0.2) is 4.90 Å². The fraction of sp³-hybridized carbons (Fsp3) is 0.538. The third-order valence-corrected chi connectivity index (χ3v) is 4.13. The Hall–Kier alpha value is -2.18. The number of carbonyl (C=O) groups excluding carboxylic acids is 2. The molecule has 0 aromatic carbocycles. The van der Waals surface area contributed by atoms with E-state index in [9.17, 15) is 14.4 Å². The van der Waals surface area contributed by atoms with Gasteiger partial charge in [0, 0.05) is 12.6 Å². The summed E-state index contributed by atoms with van der Waals surface area (Å²) in [5.74, 6) is -1.40. The van der Waals surface area contributed by atoms with Crippen LogP contribution in [0.15, 0.2) is 12.4 Å². The number of hydrogen-bond acceptors (Lipinski definition) is 4. The average molecular weight is 277 g/mol. The molecule has 0 radical (unpaired) electrons. The molecule has 0 atom stereocenters. The highest BCUT2D eigenvalue weighted by Crippen LogP contribution is 2.47. The van der Waals surface area contributed by atoms with Crippen LogP contribution >= 0.6 is 0 Å². The largest absolute Gasteiger partial charge is 0.480 e. The fourth-order valence-electron chi connectivity index (χ4n) is 3.19. The van der Waals surface area contributed by atoms with Gasteiger partial charge in [0.15, 0.2) is 0 Å². The van der Waals surface area contributed by atoms with E-state index in [2.05, 4.69) is 5.10 Å². The Balaban J connectivity index is 1.86. The van der Waals surface area contributed by atoms with Gasteiger partial charge < -0.3 is 5.11 Å². The number of carboxylic acids is 1. The predicted octanol–water partition coefficient (Wildman–Crippen LogP) is 0.791. The van der Waals surface area contributed by atoms with Gasteiger partial charge in [0.1, 0.15) is 6.54 Å². The van der Waals surface area contributed by atoms with E-state index in [-0.39, 0.29) is 24.8 Å². The van der Waals surface area contributed by atoms with Crippen LogP contribution in [0.25, 0.3) is 0 Å². The number of nitrogens with zero attached hydrogens (tertiary/aromatic N) is 3. The lowest BCUT2D eigenvalue weighted by atomic mass is 9.84. The number of anilines is 1. The Kier molecular flexibility index (Phi) is 2.84. The predicted molar refractivity (Wildman–Crippen MR) is 67.9 cm³/mol. The molecule has 7 nitrogen and oxygen atoms in total. The first-order valence-electron chi connectivity index (χ1n) is 6.63. The topological polar surface area (TPSA) is 92.5 Å². The molecule has 2 fully saturated rings. The van der Waals surface area contributed by atoms with Crippen molar-refractivity contribution < 1.29 is 19.5 Å². The molecule has 7 heteroatoms. The summed E-state index contributed by atoms with van der Waals surface area (Å²) in [7, 11) is 0. The van der Waals surface area contributed by atoms with Crippen molar-refractivity contribution in [3.63, 3.8) is 0 Å². The van der Waals surface area contributed by atoms with Crippen LogP contribution < -0.4 is 4.90 Å². The van der Waals surface area contributed by atoms with Gasteiger partial charge >= 0.3 is 5.97 Å². The van der Waals surface area contributed by atoms with Crippen molar-refractivity contribution >= 4 is 23.5 Å². The van der Waals surface area contributed by atoms with Crippen molar-refractivity contribution in [1.29, 1.82) is 0 Å². The van der Waals surface area contributed by atoms with E-state index in [1.54, 1.807) is 0 Å². The SMILES string of the molecule is O=C(O)Cn1cc(N2C(=O)CC3(CCCC3)C2=O)cn1. The summed E-state index contributed by atoms with van der Waals surface area (Å²) < 4.78 is 1.21. The molecule has 2 heterocycles. The Morgan fingerprint density at radius 1 is 1.35 bits per heavy atom. The highest BCUT2D eigenvalue weighted by molar-refractivity contribution is 6.22. The van der Waals surface area contributed by atoms with Gasteiger partial charge in [-0.15, -0.1) is 0 Å². The van der Waals surface area contributed by atoms with Crippen LogP contribution in [0.4, 0.5) is 5.69 Å². The number of carboxylic acid groups (broad SMARTS) is 1. The highest BCUT2D eigenvalue weighted by atomic mass is 16.4. The van der Waals surface area contributed by atoms with Crippen molar-refractivity contribution in [2.24, 2.45) is 5.41 Å². The summed E-state index contributed by atoms with van der Waals surface area (Å²) in [5.41, 5.74) is -0.156. The minimum atomic E-state index is -1.02. The molecule has 1 aromatic heterocycles. The zero-order valence-corrected chi connectivity index (χ0v) is 10.9. The minimum absolute atomic E-state index is 0.158. The standard InChI is InChI=1S/C13H15N3O4/c17-10-5-13(3-1-2-4-13)12(20)16(10)9-6-14-15(7-9)8-11(18)19/h6-7H,1-5,8H2,(H,18,19). The Bertz CT molecular complexity index is 586. The highest BCUT2D eigenvalue weighted by Gasteiger charge is 2.53. The molecule has 106 valence electrons. The van der Waals surface area contributed by atoms with Crippen molar-refractivity contribution in [3.05, 3.63) is 12.4 Å². The summed E-state index contributed by atoms with van der Waals surface area (Å²) in [6.07, 6.45) is 6.53. The maximum atomic E-state index is 12.5. The van der Waals surface area contributed by atoms with Crippen LogP contribution in [-0.2, 0) is 20.9 Å². The van der Waals surface area contributed by atoms with Crippen LogP contribution in [0.3, 0.4) is 0 Å². The Morgan fingerprint density at radius 2 is 2.05 bits per heavy atom. The normalized spacial score (nSPS) is 21.1. The molecule has 1 saturated heterocycles. The van der Waals surface area contributed by atoms with E-state index in [4.69, 9.17) is 5.11 Å². The zero-order chi connectivity index (χ0) is 14.3. The quantitative estimate of drug-likeness (QED) is 0.825. The van der Waals surface area contributed by atoms with Gasteiger partial charge in [-0.05, 0) is 12.8 Å². The Labute approximate surface area is 115 Å². The van der Waals surface area contributed by atoms with E-state index in [1.165, 1.54) is 17.1 Å². The monoisotopic (exact) mass is 277 g/mol. The van der Waals surface area contributed by atoms with Gasteiger partial charge in [-0.2, -0.15) is 5.10 Å². The third-order valence-electron chi connectivity index (χ3n) is 4.13. The maximum absolute atomic E-state index is 12.5. The lowest BCUT2D eigenvalue weighted by Crippen LogP contribution is -2.34. The zero-order valence-electron chi connectivity index (χ0n) is 10.9. The number of rotatable bonds is 3. The molecular weight excluding hydrogens is 262 g/mol. The molecule has 0 bridgehead atoms. The molecule has 2 aliphatic rings. The lowest BCUT2D eigenvalue weighted by Gasteiger charge is -2.19. The summed E-state index contributed by atoms with van der Waals surface area (Å²) in [6, 6.07) is 0. The second-order valence-electron chi connectivity index (χ2n) is 5.49. The van der Waals surface area contributed by atoms with E-state index < -0.39 is 11.4 Å². The second-order valence-corrected chi connectivity index (χ2v) is 5.49. The van der Waals surface area contributed by atoms with E-state index in [1.807, 2.05) is 0 Å². The first-order valence-corrected chi connectivity index (χ1v) is 6.63. The Morgan fingerprint density at radius 3 is 2.70 bits per heavy atom. The summed E-state index contributed by atoms with van der Waals surface area (Å²) in [6.45, 7) is -0.290. The van der Waals surface area contributed by atoms with Gasteiger partial charge in [0.25, 0.3) is 0 Å². The number of imide groups is 1. The smallest absolute Gasteiger partial charge is 0.325 e. The van der Waals surface area contributed by atoms with Crippen LogP contribution in [0, 0.1) is 5.41 Å². The van der Waals surface area contributed by atoms with Crippen molar-refractivity contribution in [2.45, 2.75) is 38.6 Å². The molecule has 1 aromatic rings. The van der Waals surface area contributed by atoms with Crippen LogP contribution in [0.2, 0.25) is 0 Å². The number of carbonyl (C=O) groups is 3. The van der Waals surface area contributed by atoms with Gasteiger partial charge in [0.2, 0.25) is 11.8 Å². The third kappa shape index (κ3) is 1.90. The minimum Gasteiger partial charge on any atom is -0.480 e. The molecule has 1 spiro atoms. The number of hydrogen-bond donors (Lipinski definition) is 1. The summed E-state index contributed by atoms with van der Waals surface area (Å²) in [5, 5.41) is 12.6. The molecule has 1 N–H and O–H groups in total. The molecule has 2 amide bonds. The van der Waals surface area contributed by atoms with Gasteiger partial charge in [-0.1, -0.05) is 12.8 Å². The first kappa shape index (κ1) is 12.8. The summed E-state index contributed by atoms with van der Waals surface area (Å²) >= 11 is 0. The average Bonchev–Trinajstić information content (AvgIpc) is 3.03. The second kappa shape index (κ2) is 4.43.